The van der Waals surface area contributed by atoms with Gasteiger partial charge in [0, 0.05) is 19.3 Å². The Morgan fingerprint density at radius 1 is 0.304 bits per heavy atom. The van der Waals surface area contributed by atoms with Gasteiger partial charge in [0.25, 0.3) is 0 Å². The van der Waals surface area contributed by atoms with E-state index in [0.717, 1.165) is 148 Å². The molecule has 0 radical (unpaired) electrons. The first-order chi connectivity index (χ1) is 34.0. The molecule has 0 heterocycles. The third kappa shape index (κ3) is 54.6. The summed E-state index contributed by atoms with van der Waals surface area (Å²) in [5.74, 6) is -0.945. The largest absolute Gasteiger partial charge is 0.462 e. The van der Waals surface area contributed by atoms with Crippen LogP contribution in [0.15, 0.2) is 122 Å². The Hall–Kier alpha value is -4.19. The molecule has 0 aromatic heterocycles. The number of carbonyl (C=O) groups is 3. The summed E-state index contributed by atoms with van der Waals surface area (Å²) in [6.07, 6.45) is 78.0. The molecule has 0 saturated carbocycles. The molecule has 69 heavy (non-hydrogen) atoms. The van der Waals surface area contributed by atoms with E-state index in [-0.39, 0.29) is 31.1 Å². The normalized spacial score (nSPS) is 13.0. The Labute approximate surface area is 424 Å². The third-order valence-corrected chi connectivity index (χ3v) is 11.5. The van der Waals surface area contributed by atoms with E-state index in [9.17, 15) is 14.4 Å². The molecule has 0 fully saturated rings. The average molecular weight is 956 g/mol. The minimum Gasteiger partial charge on any atom is -0.462 e. The summed E-state index contributed by atoms with van der Waals surface area (Å²) in [5.41, 5.74) is 0. The monoisotopic (exact) mass is 955 g/mol. The lowest BCUT2D eigenvalue weighted by molar-refractivity contribution is -0.167. The van der Waals surface area contributed by atoms with Crippen molar-refractivity contribution >= 4 is 17.9 Å². The van der Waals surface area contributed by atoms with Crippen LogP contribution in [0.3, 0.4) is 0 Å². The van der Waals surface area contributed by atoms with Crippen LogP contribution < -0.4 is 0 Å². The Morgan fingerprint density at radius 3 is 0.913 bits per heavy atom. The van der Waals surface area contributed by atoms with E-state index in [2.05, 4.69) is 142 Å². The van der Waals surface area contributed by atoms with Crippen molar-refractivity contribution in [2.75, 3.05) is 13.2 Å². The number of ether oxygens (including phenoxy) is 3. The molecule has 390 valence electrons. The zero-order chi connectivity index (χ0) is 50.0. The van der Waals surface area contributed by atoms with Crippen molar-refractivity contribution in [2.24, 2.45) is 0 Å². The maximum atomic E-state index is 12.8. The number of carbonyl (C=O) groups excluding carboxylic acids is 3. The zero-order valence-corrected chi connectivity index (χ0v) is 44.5. The van der Waals surface area contributed by atoms with E-state index in [1.165, 1.54) is 51.4 Å². The highest BCUT2D eigenvalue weighted by Gasteiger charge is 2.19. The number of hydrogen-bond donors (Lipinski definition) is 0. The Kier molecular flexibility index (Phi) is 53.0. The Bertz CT molecular complexity index is 1470. The van der Waals surface area contributed by atoms with Gasteiger partial charge < -0.3 is 14.2 Å². The van der Waals surface area contributed by atoms with Gasteiger partial charge in [0.1, 0.15) is 13.2 Å². The molecule has 0 aliphatic carbocycles. The second-order valence-corrected chi connectivity index (χ2v) is 18.1. The molecule has 0 aliphatic rings. The summed E-state index contributed by atoms with van der Waals surface area (Å²) in [5, 5.41) is 0. The highest BCUT2D eigenvalue weighted by molar-refractivity contribution is 5.71. The molecule has 1 unspecified atom stereocenters. The minimum absolute atomic E-state index is 0.0927. The summed E-state index contributed by atoms with van der Waals surface area (Å²) in [6, 6.07) is 0. The molecule has 1 atom stereocenters. The van der Waals surface area contributed by atoms with Gasteiger partial charge in [-0.25, -0.2) is 0 Å². The fourth-order valence-electron chi connectivity index (χ4n) is 7.25. The third-order valence-electron chi connectivity index (χ3n) is 11.5. The maximum Gasteiger partial charge on any atom is 0.306 e. The molecule has 0 saturated heterocycles. The molecule has 6 nitrogen and oxygen atoms in total. The lowest BCUT2D eigenvalue weighted by Crippen LogP contribution is -2.30. The van der Waals surface area contributed by atoms with Crippen LogP contribution >= 0.6 is 0 Å². The van der Waals surface area contributed by atoms with Crippen LogP contribution in [0.5, 0.6) is 0 Å². The van der Waals surface area contributed by atoms with Crippen LogP contribution in [0, 0.1) is 0 Å². The van der Waals surface area contributed by atoms with Gasteiger partial charge in [0.15, 0.2) is 6.10 Å². The first-order valence-corrected chi connectivity index (χ1v) is 28.0. The predicted octanol–water partition coefficient (Wildman–Crippen LogP) is 18.9. The van der Waals surface area contributed by atoms with Crippen LogP contribution in [0.25, 0.3) is 0 Å². The molecule has 0 amide bonds. The lowest BCUT2D eigenvalue weighted by Gasteiger charge is -2.18. The van der Waals surface area contributed by atoms with Crippen molar-refractivity contribution in [3.05, 3.63) is 122 Å². The first kappa shape index (κ1) is 64.8. The number of rotatable bonds is 49. The van der Waals surface area contributed by atoms with Crippen LogP contribution in [0.1, 0.15) is 239 Å². The van der Waals surface area contributed by atoms with Gasteiger partial charge in [-0.05, 0) is 116 Å². The summed E-state index contributed by atoms with van der Waals surface area (Å²) < 4.78 is 16.7. The highest BCUT2D eigenvalue weighted by atomic mass is 16.6. The van der Waals surface area contributed by atoms with Gasteiger partial charge >= 0.3 is 17.9 Å². The molecule has 0 spiro atoms. The van der Waals surface area contributed by atoms with Crippen LogP contribution in [-0.4, -0.2) is 37.2 Å². The summed E-state index contributed by atoms with van der Waals surface area (Å²) in [7, 11) is 0. The van der Waals surface area contributed by atoms with Crippen molar-refractivity contribution in [1.29, 1.82) is 0 Å². The quantitative estimate of drug-likeness (QED) is 0.0262. The van der Waals surface area contributed by atoms with Crippen LogP contribution in [-0.2, 0) is 28.6 Å². The van der Waals surface area contributed by atoms with Gasteiger partial charge in [-0.1, -0.05) is 226 Å². The number of unbranched alkanes of at least 4 members (excludes halogenated alkanes) is 18. The predicted molar refractivity (Wildman–Crippen MR) is 297 cm³/mol. The van der Waals surface area contributed by atoms with E-state index in [1.54, 1.807) is 0 Å². The molecule has 6 heteroatoms. The van der Waals surface area contributed by atoms with Gasteiger partial charge in [0.05, 0.1) is 0 Å². The van der Waals surface area contributed by atoms with Crippen molar-refractivity contribution in [2.45, 2.75) is 245 Å². The minimum atomic E-state index is -0.792. The maximum absolute atomic E-state index is 12.8. The van der Waals surface area contributed by atoms with E-state index in [0.29, 0.717) is 19.3 Å². The van der Waals surface area contributed by atoms with Crippen molar-refractivity contribution in [1.82, 2.24) is 0 Å². The SMILES string of the molecule is CC/C=C\C/C=C\C/C=C\C/C=C\C/C=C\C/C=C\C/C=C\C/C=C\CCCCCCC(=O)OCC(COC(=O)CCCCCCC)OC(=O)CCCCCCCCC/C=C\C/C=C\CCCCC. The second-order valence-electron chi connectivity index (χ2n) is 18.1. The topological polar surface area (TPSA) is 78.9 Å². The lowest BCUT2D eigenvalue weighted by atomic mass is 10.1. The molecule has 0 aliphatic heterocycles. The molecular formula is C63H102O6. The van der Waals surface area contributed by atoms with Gasteiger partial charge in [-0.3, -0.25) is 14.4 Å². The zero-order valence-electron chi connectivity index (χ0n) is 44.5. The molecule has 0 rings (SSSR count). The molecule has 0 bridgehead atoms. The van der Waals surface area contributed by atoms with Crippen molar-refractivity contribution in [3.8, 4) is 0 Å². The van der Waals surface area contributed by atoms with E-state index < -0.39 is 6.10 Å². The molecule has 0 aromatic carbocycles. The Morgan fingerprint density at radius 2 is 0.565 bits per heavy atom. The molecule has 0 aromatic rings. The summed E-state index contributed by atoms with van der Waals surface area (Å²) >= 11 is 0. The van der Waals surface area contributed by atoms with Crippen LogP contribution in [0.4, 0.5) is 0 Å². The Balaban J connectivity index is 4.20. The van der Waals surface area contributed by atoms with Gasteiger partial charge in [-0.2, -0.15) is 0 Å². The fourth-order valence-corrected chi connectivity index (χ4v) is 7.25. The fraction of sp³-hybridized carbons (Fsp3) is 0.635. The number of allylic oxidation sites excluding steroid dienone is 20. The number of hydrogen-bond acceptors (Lipinski definition) is 6. The van der Waals surface area contributed by atoms with Gasteiger partial charge in [0.2, 0.25) is 0 Å². The standard InChI is InChI=1S/C63H102O6/c1-4-7-10-13-15-17-19-21-23-25-26-27-28-29-30-31-32-33-34-35-36-38-39-41-43-45-47-50-53-56-62(65)68-59-60(58-67-61(64)55-52-49-12-9-6-3)69-63(66)57-54-51-48-46-44-42-40-37-24-22-20-18-16-14-11-8-5-2/h7,10,15-18,21-24,26-27,29-30,32-33,35-36,39,41,60H,4-6,8-9,11-14,19-20,25,28,31,34,37-38,40,42-59H2,1-3H3/b10-7-,17-15-,18-16-,23-21-,24-22-,27-26-,30-29-,33-32-,36-35-,41-39-. The molecule has 0 N–H and O–H groups in total. The smallest absolute Gasteiger partial charge is 0.306 e. The first-order valence-electron chi connectivity index (χ1n) is 28.0. The van der Waals surface area contributed by atoms with Crippen molar-refractivity contribution in [3.63, 3.8) is 0 Å². The average Bonchev–Trinajstić information content (AvgIpc) is 3.35. The van der Waals surface area contributed by atoms with E-state index >= 15 is 0 Å². The van der Waals surface area contributed by atoms with Crippen molar-refractivity contribution < 1.29 is 28.6 Å². The van der Waals surface area contributed by atoms with Gasteiger partial charge in [-0.15, -0.1) is 0 Å². The highest BCUT2D eigenvalue weighted by Crippen LogP contribution is 2.13. The van der Waals surface area contributed by atoms with Crippen LogP contribution in [0.2, 0.25) is 0 Å². The van der Waals surface area contributed by atoms with E-state index in [4.69, 9.17) is 14.2 Å². The summed E-state index contributed by atoms with van der Waals surface area (Å²) in [6.45, 7) is 6.37. The molecular weight excluding hydrogens is 853 g/mol. The number of esters is 3. The second kappa shape index (κ2) is 56.4. The van der Waals surface area contributed by atoms with E-state index in [1.807, 2.05) is 0 Å². The summed E-state index contributed by atoms with van der Waals surface area (Å²) in [4.78, 5) is 37.8.